The first kappa shape index (κ1) is 15.7. The van der Waals surface area contributed by atoms with Gasteiger partial charge in [0, 0.05) is 24.2 Å². The maximum Gasteiger partial charge on any atom is 0.224 e. The van der Waals surface area contributed by atoms with Crippen LogP contribution in [-0.2, 0) is 6.42 Å². The summed E-state index contributed by atoms with van der Waals surface area (Å²) in [5.41, 5.74) is 4.69. The van der Waals surface area contributed by atoms with Crippen molar-refractivity contribution in [1.82, 2.24) is 9.97 Å². The van der Waals surface area contributed by atoms with Gasteiger partial charge in [0.15, 0.2) is 0 Å². The van der Waals surface area contributed by atoms with Crippen molar-refractivity contribution in [2.75, 3.05) is 23.8 Å². The Morgan fingerprint density at radius 3 is 2.78 bits per heavy atom. The first-order chi connectivity index (χ1) is 11.2. The Labute approximate surface area is 137 Å². The van der Waals surface area contributed by atoms with Gasteiger partial charge in [-0.15, -0.1) is 0 Å². The predicted octanol–water partition coefficient (Wildman–Crippen LogP) is 3.37. The van der Waals surface area contributed by atoms with E-state index in [1.54, 1.807) is 0 Å². The second-order valence-electron chi connectivity index (χ2n) is 6.01. The number of aliphatic hydroxyl groups excluding tert-OH is 1. The van der Waals surface area contributed by atoms with Gasteiger partial charge < -0.3 is 15.7 Å². The molecule has 23 heavy (non-hydrogen) atoms. The Balaban J connectivity index is 1.91. The van der Waals surface area contributed by atoms with Crippen LogP contribution in [0.5, 0.6) is 0 Å². The van der Waals surface area contributed by atoms with Crippen molar-refractivity contribution in [3.05, 3.63) is 41.1 Å². The molecule has 0 radical (unpaired) electrons. The standard InChI is InChI=1S/C18H24N4O/c1-3-13-6-4-5-12(2)17(13)21-16-11-15(14-7-8-14)20-18(22-16)19-9-10-23/h4-6,11,14,23H,3,7-10H2,1-2H3,(H2,19,20,21,22). The first-order valence-electron chi connectivity index (χ1n) is 8.30. The van der Waals surface area contributed by atoms with E-state index in [1.807, 2.05) is 6.07 Å². The maximum absolute atomic E-state index is 8.99. The number of aliphatic hydroxyl groups is 1. The predicted molar refractivity (Wildman–Crippen MR) is 93.4 cm³/mol. The molecule has 0 atom stereocenters. The van der Waals surface area contributed by atoms with E-state index in [-0.39, 0.29) is 6.61 Å². The molecule has 0 saturated heterocycles. The number of hydrogen-bond donors (Lipinski definition) is 3. The van der Waals surface area contributed by atoms with Crippen LogP contribution >= 0.6 is 0 Å². The topological polar surface area (TPSA) is 70.1 Å². The molecule has 122 valence electrons. The molecule has 0 unspecified atom stereocenters. The second-order valence-corrected chi connectivity index (χ2v) is 6.01. The molecular formula is C18H24N4O. The molecule has 1 fully saturated rings. The summed E-state index contributed by atoms with van der Waals surface area (Å²) >= 11 is 0. The third kappa shape index (κ3) is 3.79. The van der Waals surface area contributed by atoms with Crippen molar-refractivity contribution >= 4 is 17.5 Å². The van der Waals surface area contributed by atoms with Crippen molar-refractivity contribution in [3.8, 4) is 0 Å². The summed E-state index contributed by atoms with van der Waals surface area (Å²) in [5.74, 6) is 1.94. The lowest BCUT2D eigenvalue weighted by Gasteiger charge is -2.15. The normalized spacial score (nSPS) is 13.9. The van der Waals surface area contributed by atoms with Gasteiger partial charge in [-0.3, -0.25) is 0 Å². The molecule has 1 aliphatic carbocycles. The van der Waals surface area contributed by atoms with Crippen LogP contribution in [0.3, 0.4) is 0 Å². The molecule has 0 amide bonds. The Bertz CT molecular complexity index is 683. The molecule has 5 nitrogen and oxygen atoms in total. The quantitative estimate of drug-likeness (QED) is 0.731. The summed E-state index contributed by atoms with van der Waals surface area (Å²) in [6.07, 6.45) is 3.36. The number of aromatic nitrogens is 2. The highest BCUT2D eigenvalue weighted by atomic mass is 16.3. The zero-order valence-electron chi connectivity index (χ0n) is 13.8. The van der Waals surface area contributed by atoms with Gasteiger partial charge in [0.1, 0.15) is 5.82 Å². The SMILES string of the molecule is CCc1cccc(C)c1Nc1cc(C2CC2)nc(NCCO)n1. The lowest BCUT2D eigenvalue weighted by atomic mass is 10.1. The molecule has 0 spiro atoms. The van der Waals surface area contributed by atoms with Gasteiger partial charge >= 0.3 is 0 Å². The van der Waals surface area contributed by atoms with Crippen LogP contribution in [0, 0.1) is 6.92 Å². The number of nitrogens with one attached hydrogen (secondary N) is 2. The number of hydrogen-bond acceptors (Lipinski definition) is 5. The van der Waals surface area contributed by atoms with E-state index in [0.29, 0.717) is 18.4 Å². The molecule has 1 aliphatic rings. The Hall–Kier alpha value is -2.14. The summed E-state index contributed by atoms with van der Waals surface area (Å²) in [6, 6.07) is 8.38. The van der Waals surface area contributed by atoms with Crippen LogP contribution in [-0.4, -0.2) is 28.2 Å². The average Bonchev–Trinajstić information content (AvgIpc) is 3.39. The van der Waals surface area contributed by atoms with Crippen LogP contribution in [0.2, 0.25) is 0 Å². The van der Waals surface area contributed by atoms with Crippen LogP contribution < -0.4 is 10.6 Å². The van der Waals surface area contributed by atoms with Crippen molar-refractivity contribution in [1.29, 1.82) is 0 Å². The van der Waals surface area contributed by atoms with E-state index in [9.17, 15) is 0 Å². The minimum absolute atomic E-state index is 0.0670. The molecule has 1 aromatic carbocycles. The van der Waals surface area contributed by atoms with Crippen LogP contribution in [0.4, 0.5) is 17.5 Å². The second kappa shape index (κ2) is 6.96. The van der Waals surface area contributed by atoms with Crippen molar-refractivity contribution in [3.63, 3.8) is 0 Å². The molecule has 1 aromatic heterocycles. The fourth-order valence-electron chi connectivity index (χ4n) is 2.70. The smallest absolute Gasteiger partial charge is 0.224 e. The summed E-state index contributed by atoms with van der Waals surface area (Å²) in [6.45, 7) is 4.79. The van der Waals surface area contributed by atoms with E-state index >= 15 is 0 Å². The summed E-state index contributed by atoms with van der Waals surface area (Å²) in [4.78, 5) is 9.11. The molecule has 0 bridgehead atoms. The monoisotopic (exact) mass is 312 g/mol. The number of rotatable bonds is 7. The first-order valence-corrected chi connectivity index (χ1v) is 8.30. The summed E-state index contributed by atoms with van der Waals surface area (Å²) < 4.78 is 0. The zero-order valence-corrected chi connectivity index (χ0v) is 13.8. The summed E-state index contributed by atoms with van der Waals surface area (Å²) in [7, 11) is 0. The molecular weight excluding hydrogens is 288 g/mol. The number of aryl methyl sites for hydroxylation is 2. The Morgan fingerprint density at radius 2 is 2.09 bits per heavy atom. The molecule has 3 N–H and O–H groups in total. The van der Waals surface area contributed by atoms with Gasteiger partial charge in [0.2, 0.25) is 5.95 Å². The molecule has 1 saturated carbocycles. The highest BCUT2D eigenvalue weighted by Gasteiger charge is 2.26. The van der Waals surface area contributed by atoms with Crippen molar-refractivity contribution < 1.29 is 5.11 Å². The van der Waals surface area contributed by atoms with Crippen LogP contribution in [0.1, 0.15) is 42.5 Å². The van der Waals surface area contributed by atoms with Crippen LogP contribution in [0.15, 0.2) is 24.3 Å². The van der Waals surface area contributed by atoms with E-state index in [2.05, 4.69) is 52.6 Å². The number of anilines is 3. The lowest BCUT2D eigenvalue weighted by Crippen LogP contribution is -2.11. The third-order valence-electron chi connectivity index (χ3n) is 4.13. The minimum Gasteiger partial charge on any atom is -0.395 e. The van der Waals surface area contributed by atoms with Crippen molar-refractivity contribution in [2.24, 2.45) is 0 Å². The molecule has 1 heterocycles. The van der Waals surface area contributed by atoms with Gasteiger partial charge in [-0.1, -0.05) is 25.1 Å². The third-order valence-corrected chi connectivity index (χ3v) is 4.13. The lowest BCUT2D eigenvalue weighted by molar-refractivity contribution is 0.311. The fourth-order valence-corrected chi connectivity index (χ4v) is 2.70. The highest BCUT2D eigenvalue weighted by Crippen LogP contribution is 2.40. The van der Waals surface area contributed by atoms with E-state index in [4.69, 9.17) is 5.11 Å². The zero-order chi connectivity index (χ0) is 16.2. The molecule has 3 rings (SSSR count). The molecule has 0 aliphatic heterocycles. The number of nitrogens with zero attached hydrogens (tertiary/aromatic N) is 2. The van der Waals surface area contributed by atoms with E-state index < -0.39 is 0 Å². The number of para-hydroxylation sites is 1. The van der Waals surface area contributed by atoms with Gasteiger partial charge in [0.25, 0.3) is 0 Å². The largest absolute Gasteiger partial charge is 0.395 e. The van der Waals surface area contributed by atoms with Crippen LogP contribution in [0.25, 0.3) is 0 Å². The number of benzene rings is 1. The molecule has 5 heteroatoms. The Morgan fingerprint density at radius 1 is 1.26 bits per heavy atom. The highest BCUT2D eigenvalue weighted by molar-refractivity contribution is 5.65. The van der Waals surface area contributed by atoms with E-state index in [1.165, 1.54) is 24.0 Å². The van der Waals surface area contributed by atoms with Gasteiger partial charge in [-0.2, -0.15) is 4.98 Å². The summed E-state index contributed by atoms with van der Waals surface area (Å²) in [5, 5.41) is 15.5. The minimum atomic E-state index is 0.0670. The van der Waals surface area contributed by atoms with Gasteiger partial charge in [0.05, 0.1) is 12.3 Å². The Kier molecular flexibility index (Phi) is 4.76. The van der Waals surface area contributed by atoms with Crippen molar-refractivity contribution in [2.45, 2.75) is 39.0 Å². The van der Waals surface area contributed by atoms with Gasteiger partial charge in [-0.25, -0.2) is 4.98 Å². The molecule has 2 aromatic rings. The average molecular weight is 312 g/mol. The fraction of sp³-hybridized carbons (Fsp3) is 0.444. The van der Waals surface area contributed by atoms with E-state index in [0.717, 1.165) is 23.6 Å². The van der Waals surface area contributed by atoms with Gasteiger partial charge in [-0.05, 0) is 37.3 Å². The maximum atomic E-state index is 8.99.